The second-order valence-corrected chi connectivity index (χ2v) is 7.69. The molecule has 0 radical (unpaired) electrons. The fourth-order valence-corrected chi connectivity index (χ4v) is 4.03. The van der Waals surface area contributed by atoms with Gasteiger partial charge in [-0.1, -0.05) is 18.6 Å². The Labute approximate surface area is 175 Å². The van der Waals surface area contributed by atoms with Crippen molar-refractivity contribution < 1.29 is 19.4 Å². The molecule has 156 valence electrons. The van der Waals surface area contributed by atoms with E-state index in [4.69, 9.17) is 9.84 Å². The summed E-state index contributed by atoms with van der Waals surface area (Å²) in [4.78, 5) is 25.8. The van der Waals surface area contributed by atoms with Gasteiger partial charge in [-0.05, 0) is 68.8 Å². The molecule has 0 aromatic heterocycles. The molecule has 7 heteroatoms. The van der Waals surface area contributed by atoms with E-state index < -0.39 is 6.16 Å². The Kier molecular flexibility index (Phi) is 5.72. The third-order valence-corrected chi connectivity index (χ3v) is 5.46. The fraction of sp³-hybridized carbons (Fsp3) is 0.304. The van der Waals surface area contributed by atoms with Crippen molar-refractivity contribution in [3.05, 3.63) is 59.3 Å². The zero-order valence-corrected chi connectivity index (χ0v) is 16.9. The maximum absolute atomic E-state index is 12.5. The summed E-state index contributed by atoms with van der Waals surface area (Å²) in [7, 11) is 0. The number of ether oxygens (including phenoxy) is 1. The molecule has 2 aliphatic heterocycles. The van der Waals surface area contributed by atoms with Crippen LogP contribution in [0.4, 0.5) is 16.2 Å². The van der Waals surface area contributed by atoms with Gasteiger partial charge in [0.25, 0.3) is 5.91 Å². The Bertz CT molecular complexity index is 992. The molecule has 3 N–H and O–H groups in total. The minimum Gasteiger partial charge on any atom is -0.449 e. The molecule has 30 heavy (non-hydrogen) atoms. The molecule has 0 unspecified atom stereocenters. The van der Waals surface area contributed by atoms with Crippen LogP contribution >= 0.6 is 0 Å². The van der Waals surface area contributed by atoms with Gasteiger partial charge in [-0.25, -0.2) is 4.79 Å². The molecule has 0 spiro atoms. The van der Waals surface area contributed by atoms with Gasteiger partial charge < -0.3 is 20.5 Å². The number of nitrogens with zero attached hydrogens (tertiary/aromatic N) is 1. The Morgan fingerprint density at radius 1 is 1.13 bits per heavy atom. The number of piperidine rings is 1. The van der Waals surface area contributed by atoms with E-state index in [2.05, 4.69) is 27.7 Å². The number of hydrogen-bond donors (Lipinski definition) is 3. The topological polar surface area (TPSA) is 90.9 Å². The number of nitrogens with one attached hydrogen (secondary N) is 2. The number of anilines is 2. The summed E-state index contributed by atoms with van der Waals surface area (Å²) in [6, 6.07) is 13.0. The Morgan fingerprint density at radius 2 is 1.87 bits per heavy atom. The van der Waals surface area contributed by atoms with E-state index in [0.717, 1.165) is 25.3 Å². The Hall–Kier alpha value is -3.32. The van der Waals surface area contributed by atoms with Crippen LogP contribution in [0.2, 0.25) is 0 Å². The van der Waals surface area contributed by atoms with Gasteiger partial charge in [-0.15, -0.1) is 0 Å². The number of carbonyl (C=O) groups is 2. The summed E-state index contributed by atoms with van der Waals surface area (Å²) < 4.78 is 4.73. The summed E-state index contributed by atoms with van der Waals surface area (Å²) in [6.45, 7) is 5.11. The van der Waals surface area contributed by atoms with Crippen LogP contribution in [-0.4, -0.2) is 35.2 Å². The van der Waals surface area contributed by atoms with Gasteiger partial charge in [0.05, 0.1) is 5.57 Å². The fourth-order valence-electron chi connectivity index (χ4n) is 4.03. The average molecular weight is 407 g/mol. The summed E-state index contributed by atoms with van der Waals surface area (Å²) in [5, 5.41) is 14.9. The summed E-state index contributed by atoms with van der Waals surface area (Å²) in [5.41, 5.74) is 4.56. The summed E-state index contributed by atoms with van der Waals surface area (Å²) in [5.74, 6) is -0.0608. The van der Waals surface area contributed by atoms with Crippen molar-refractivity contribution in [3.8, 4) is 5.75 Å². The maximum atomic E-state index is 12.5. The molecule has 0 saturated carbocycles. The summed E-state index contributed by atoms with van der Waals surface area (Å²) in [6.07, 6.45) is 2.48. The lowest BCUT2D eigenvalue weighted by Gasteiger charge is -2.26. The number of likely N-dealkylation sites (tertiary alicyclic amines) is 1. The number of hydrogen-bond acceptors (Lipinski definition) is 5. The van der Waals surface area contributed by atoms with E-state index >= 15 is 0 Å². The maximum Gasteiger partial charge on any atom is 0.511 e. The van der Waals surface area contributed by atoms with E-state index in [-0.39, 0.29) is 11.7 Å². The lowest BCUT2D eigenvalue weighted by molar-refractivity contribution is -0.110. The third-order valence-electron chi connectivity index (χ3n) is 5.46. The number of carbonyl (C=O) groups excluding carboxylic acids is 1. The highest BCUT2D eigenvalue weighted by Gasteiger charge is 2.27. The van der Waals surface area contributed by atoms with Crippen LogP contribution in [0.1, 0.15) is 37.3 Å². The van der Waals surface area contributed by atoms with Crippen molar-refractivity contribution in [1.82, 2.24) is 4.90 Å². The molecule has 1 fully saturated rings. The first-order valence-corrected chi connectivity index (χ1v) is 10.2. The second kappa shape index (κ2) is 8.59. The largest absolute Gasteiger partial charge is 0.511 e. The van der Waals surface area contributed by atoms with E-state index in [1.54, 1.807) is 12.1 Å². The quantitative estimate of drug-likeness (QED) is 0.383. The van der Waals surface area contributed by atoms with Gasteiger partial charge in [0.1, 0.15) is 5.75 Å². The van der Waals surface area contributed by atoms with Crippen LogP contribution in [0.3, 0.4) is 0 Å². The Morgan fingerprint density at radius 3 is 2.57 bits per heavy atom. The van der Waals surface area contributed by atoms with E-state index in [1.165, 1.54) is 30.9 Å². The standard InChI is InChI=1S/C23H25N3O4/c1-15(21-19-13-18(30-23(28)29)9-10-20(19)25-22(21)27)24-17-7-5-16(6-8-17)14-26-11-3-2-4-12-26/h5-10,13,24H,2-4,11-12,14H2,1H3,(H,25,27)(H,28,29)/b21-15-. The smallest absolute Gasteiger partial charge is 0.449 e. The zero-order chi connectivity index (χ0) is 21.1. The van der Waals surface area contributed by atoms with Gasteiger partial charge >= 0.3 is 6.16 Å². The zero-order valence-electron chi connectivity index (χ0n) is 16.9. The first kappa shape index (κ1) is 20.0. The van der Waals surface area contributed by atoms with Crippen molar-refractivity contribution in [2.45, 2.75) is 32.7 Å². The SMILES string of the molecule is C/C(Nc1ccc(CN2CCCCC2)cc1)=C1/C(=O)Nc2ccc(OC(=O)O)cc21. The minimum atomic E-state index is -1.39. The molecule has 1 saturated heterocycles. The molecule has 2 heterocycles. The van der Waals surface area contributed by atoms with Gasteiger partial charge in [-0.3, -0.25) is 9.69 Å². The van der Waals surface area contributed by atoms with E-state index in [1.807, 2.05) is 19.1 Å². The number of amides is 1. The Balaban J connectivity index is 1.50. The van der Waals surface area contributed by atoms with Gasteiger partial charge in [0.2, 0.25) is 0 Å². The third kappa shape index (κ3) is 4.46. The molecular weight excluding hydrogens is 382 g/mol. The number of rotatable bonds is 5. The van der Waals surface area contributed by atoms with Crippen molar-refractivity contribution in [2.75, 3.05) is 23.7 Å². The van der Waals surface area contributed by atoms with Crippen molar-refractivity contribution in [3.63, 3.8) is 0 Å². The number of benzene rings is 2. The van der Waals surface area contributed by atoms with Crippen LogP contribution in [0.15, 0.2) is 48.2 Å². The molecule has 0 atom stereocenters. The van der Waals surface area contributed by atoms with Crippen molar-refractivity contribution >= 4 is 29.0 Å². The highest BCUT2D eigenvalue weighted by atomic mass is 16.7. The van der Waals surface area contributed by atoms with Crippen LogP contribution in [0, 0.1) is 0 Å². The van der Waals surface area contributed by atoms with Gasteiger partial charge in [0, 0.05) is 29.2 Å². The predicted molar refractivity (Wildman–Crippen MR) is 116 cm³/mol. The van der Waals surface area contributed by atoms with Crippen molar-refractivity contribution in [1.29, 1.82) is 0 Å². The van der Waals surface area contributed by atoms with Gasteiger partial charge in [-0.2, -0.15) is 0 Å². The molecule has 7 nitrogen and oxygen atoms in total. The van der Waals surface area contributed by atoms with Crippen molar-refractivity contribution in [2.24, 2.45) is 0 Å². The lowest BCUT2D eigenvalue weighted by Crippen LogP contribution is -2.29. The minimum absolute atomic E-state index is 0.171. The average Bonchev–Trinajstić information content (AvgIpc) is 3.05. The molecular formula is C23H25N3O4. The summed E-state index contributed by atoms with van der Waals surface area (Å²) >= 11 is 0. The second-order valence-electron chi connectivity index (χ2n) is 7.69. The molecule has 1 amide bonds. The van der Waals surface area contributed by atoms with E-state index in [0.29, 0.717) is 22.5 Å². The van der Waals surface area contributed by atoms with Crippen LogP contribution in [0.25, 0.3) is 5.57 Å². The predicted octanol–water partition coefficient (Wildman–Crippen LogP) is 4.52. The molecule has 2 aromatic carbocycles. The van der Waals surface area contributed by atoms with Crippen LogP contribution in [0.5, 0.6) is 5.75 Å². The molecule has 2 aromatic rings. The molecule has 4 rings (SSSR count). The highest BCUT2D eigenvalue weighted by molar-refractivity contribution is 6.32. The first-order chi connectivity index (χ1) is 14.5. The highest BCUT2D eigenvalue weighted by Crippen LogP contribution is 2.36. The normalized spacial score (nSPS) is 17.8. The monoisotopic (exact) mass is 407 g/mol. The van der Waals surface area contributed by atoms with Crippen LogP contribution < -0.4 is 15.4 Å². The van der Waals surface area contributed by atoms with Crippen LogP contribution in [-0.2, 0) is 11.3 Å². The van der Waals surface area contributed by atoms with Gasteiger partial charge in [0.15, 0.2) is 0 Å². The molecule has 0 bridgehead atoms. The molecule has 2 aliphatic rings. The lowest BCUT2D eigenvalue weighted by atomic mass is 10.0. The van der Waals surface area contributed by atoms with E-state index in [9.17, 15) is 9.59 Å². The molecule has 0 aliphatic carbocycles. The number of fused-ring (bicyclic) bond motifs is 1. The number of carboxylic acid groups (broad SMARTS) is 1. The first-order valence-electron chi connectivity index (χ1n) is 10.2. The number of allylic oxidation sites excluding steroid dienone is 1.